The molecule has 8 heteroatoms. The molecule has 0 heterocycles. The topological polar surface area (TPSA) is 83.1 Å². The highest BCUT2D eigenvalue weighted by Gasteiger charge is 2.08. The minimum Gasteiger partial charge on any atom is -0.449 e. The van der Waals surface area contributed by atoms with Crippen molar-refractivity contribution in [3.8, 4) is 0 Å². The molecule has 302 valence electrons. The Kier molecular flexibility index (Phi) is 32.7. The third-order valence-electron chi connectivity index (χ3n) is 10.1. The van der Waals surface area contributed by atoms with E-state index in [1.807, 2.05) is 0 Å². The molecule has 0 unspecified atom stereocenters. The van der Waals surface area contributed by atoms with Gasteiger partial charge < -0.3 is 19.3 Å². The minimum absolute atomic E-state index is 0.390. The molecule has 0 saturated carbocycles. The normalized spacial score (nSPS) is 11.3. The fourth-order valence-electron chi connectivity index (χ4n) is 6.71. The highest BCUT2D eigenvalue weighted by molar-refractivity contribution is 5.87. The van der Waals surface area contributed by atoms with Crippen molar-refractivity contribution in [3.05, 3.63) is 24.3 Å². The predicted octanol–water partition coefficient (Wildman–Crippen LogP) is 12.8. The average Bonchev–Trinajstić information content (AvgIpc) is 3.15. The standard InChI is InChI=1S/C44H82N4O4/c1-5-9-11-13-15-17-19-21-23-25-27-35-47(7-3)37-29-39-51-43(49)45-41-31-33-42(34-32-41)46-44(50)52-40-30-38-48(8-4)36-28-26-24-22-20-18-16-14-12-10-6-2/h31-34H,5-30,35-40H2,1-4H3,(H,45,49)(H,46,50). The van der Waals surface area contributed by atoms with Crippen LogP contribution in [-0.2, 0) is 9.47 Å². The Balaban J connectivity index is 2.07. The van der Waals surface area contributed by atoms with Crippen LogP contribution in [0, 0.1) is 0 Å². The number of amides is 2. The van der Waals surface area contributed by atoms with Crippen LogP contribution in [0.5, 0.6) is 0 Å². The summed E-state index contributed by atoms with van der Waals surface area (Å²) in [7, 11) is 0. The van der Waals surface area contributed by atoms with Gasteiger partial charge in [0.25, 0.3) is 0 Å². The summed E-state index contributed by atoms with van der Waals surface area (Å²) in [5, 5.41) is 5.54. The molecule has 0 aliphatic heterocycles. The Morgan fingerprint density at radius 2 is 0.692 bits per heavy atom. The van der Waals surface area contributed by atoms with E-state index in [-0.39, 0.29) is 0 Å². The van der Waals surface area contributed by atoms with Gasteiger partial charge in [0.1, 0.15) is 0 Å². The van der Waals surface area contributed by atoms with Crippen LogP contribution in [0.2, 0.25) is 0 Å². The summed E-state index contributed by atoms with van der Waals surface area (Å²) in [5.41, 5.74) is 1.24. The first kappa shape index (κ1) is 47.7. The van der Waals surface area contributed by atoms with E-state index in [1.54, 1.807) is 24.3 Å². The number of benzene rings is 1. The largest absolute Gasteiger partial charge is 0.449 e. The molecule has 0 spiro atoms. The quantitative estimate of drug-likeness (QED) is 0.0669. The van der Waals surface area contributed by atoms with Gasteiger partial charge in [-0.1, -0.05) is 156 Å². The molecule has 1 aromatic carbocycles. The number of carbonyl (C=O) groups is 2. The predicted molar refractivity (Wildman–Crippen MR) is 223 cm³/mol. The fraction of sp³-hybridized carbons (Fsp3) is 0.818. The van der Waals surface area contributed by atoms with Crippen molar-refractivity contribution in [2.75, 3.05) is 63.1 Å². The van der Waals surface area contributed by atoms with Crippen LogP contribution >= 0.6 is 0 Å². The van der Waals surface area contributed by atoms with Crippen LogP contribution in [0.1, 0.15) is 182 Å². The van der Waals surface area contributed by atoms with Crippen LogP contribution in [-0.4, -0.2) is 74.5 Å². The Hall–Kier alpha value is -2.32. The van der Waals surface area contributed by atoms with Crippen molar-refractivity contribution in [1.29, 1.82) is 0 Å². The number of anilines is 2. The number of ether oxygens (including phenoxy) is 2. The lowest BCUT2D eigenvalue weighted by molar-refractivity contribution is 0.151. The Labute approximate surface area is 320 Å². The zero-order valence-electron chi connectivity index (χ0n) is 34.5. The number of hydrogen-bond acceptors (Lipinski definition) is 6. The highest BCUT2D eigenvalue weighted by Crippen LogP contribution is 2.15. The van der Waals surface area contributed by atoms with Gasteiger partial charge >= 0.3 is 12.2 Å². The van der Waals surface area contributed by atoms with Gasteiger partial charge in [0.2, 0.25) is 0 Å². The van der Waals surface area contributed by atoms with E-state index in [0.29, 0.717) is 24.6 Å². The van der Waals surface area contributed by atoms with E-state index in [0.717, 1.165) is 52.1 Å². The smallest absolute Gasteiger partial charge is 0.411 e. The summed E-state index contributed by atoms with van der Waals surface area (Å²) in [6.45, 7) is 15.9. The summed E-state index contributed by atoms with van der Waals surface area (Å²) in [6.07, 6.45) is 30.7. The number of hydrogen-bond donors (Lipinski definition) is 2. The highest BCUT2D eigenvalue weighted by atomic mass is 16.6. The SMILES string of the molecule is CCCCCCCCCCCCCN(CC)CCCOC(=O)Nc1ccc(NC(=O)OCCCN(CC)CCCCCCCCCCCCC)cc1. The number of nitrogens with zero attached hydrogens (tertiary/aromatic N) is 2. The van der Waals surface area contributed by atoms with Gasteiger partial charge in [-0.05, 0) is 76.1 Å². The zero-order valence-corrected chi connectivity index (χ0v) is 34.5. The molecule has 8 nitrogen and oxygen atoms in total. The van der Waals surface area contributed by atoms with Gasteiger partial charge in [-0.15, -0.1) is 0 Å². The van der Waals surface area contributed by atoms with Gasteiger partial charge in [-0.3, -0.25) is 10.6 Å². The maximum atomic E-state index is 12.3. The van der Waals surface area contributed by atoms with Gasteiger partial charge in [0.05, 0.1) is 13.2 Å². The number of nitrogens with one attached hydrogen (secondary N) is 2. The molecular weight excluding hydrogens is 649 g/mol. The maximum absolute atomic E-state index is 12.3. The first-order valence-corrected chi connectivity index (χ1v) is 21.9. The Morgan fingerprint density at radius 3 is 0.981 bits per heavy atom. The monoisotopic (exact) mass is 731 g/mol. The van der Waals surface area contributed by atoms with Gasteiger partial charge in [0.15, 0.2) is 0 Å². The van der Waals surface area contributed by atoms with E-state index in [4.69, 9.17) is 9.47 Å². The second-order valence-electron chi connectivity index (χ2n) is 14.7. The molecule has 0 radical (unpaired) electrons. The molecule has 0 atom stereocenters. The van der Waals surface area contributed by atoms with E-state index in [2.05, 4.69) is 48.1 Å². The number of rotatable bonds is 36. The third kappa shape index (κ3) is 29.2. The molecule has 0 bridgehead atoms. The molecule has 0 fully saturated rings. The molecular formula is C44H82N4O4. The van der Waals surface area contributed by atoms with Crippen molar-refractivity contribution in [2.24, 2.45) is 0 Å². The molecule has 2 N–H and O–H groups in total. The van der Waals surface area contributed by atoms with Crippen molar-refractivity contribution in [3.63, 3.8) is 0 Å². The first-order chi connectivity index (χ1) is 25.5. The minimum atomic E-state index is -0.460. The molecule has 1 rings (SSSR count). The van der Waals surface area contributed by atoms with Crippen LogP contribution in [0.25, 0.3) is 0 Å². The lowest BCUT2D eigenvalue weighted by Crippen LogP contribution is -2.27. The Bertz CT molecular complexity index is 870. The lowest BCUT2D eigenvalue weighted by atomic mass is 10.1. The van der Waals surface area contributed by atoms with Gasteiger partial charge in [-0.25, -0.2) is 9.59 Å². The fourth-order valence-corrected chi connectivity index (χ4v) is 6.71. The van der Waals surface area contributed by atoms with E-state index in [1.165, 1.54) is 141 Å². The number of unbranched alkanes of at least 4 members (excludes halogenated alkanes) is 20. The van der Waals surface area contributed by atoms with Crippen molar-refractivity contribution in [1.82, 2.24) is 9.80 Å². The van der Waals surface area contributed by atoms with Crippen molar-refractivity contribution >= 4 is 23.6 Å². The lowest BCUT2D eigenvalue weighted by Gasteiger charge is -2.20. The summed E-state index contributed by atoms with van der Waals surface area (Å²) >= 11 is 0. The molecule has 1 aromatic rings. The van der Waals surface area contributed by atoms with Crippen LogP contribution < -0.4 is 10.6 Å². The zero-order chi connectivity index (χ0) is 37.7. The van der Waals surface area contributed by atoms with Crippen LogP contribution in [0.4, 0.5) is 21.0 Å². The summed E-state index contributed by atoms with van der Waals surface area (Å²) in [6, 6.07) is 6.99. The van der Waals surface area contributed by atoms with Crippen LogP contribution in [0.15, 0.2) is 24.3 Å². The summed E-state index contributed by atoms with van der Waals surface area (Å²) in [4.78, 5) is 29.5. The van der Waals surface area contributed by atoms with Gasteiger partial charge in [0, 0.05) is 24.5 Å². The molecule has 0 aliphatic rings. The maximum Gasteiger partial charge on any atom is 0.411 e. The number of carbonyl (C=O) groups excluding carboxylic acids is 2. The first-order valence-electron chi connectivity index (χ1n) is 21.9. The van der Waals surface area contributed by atoms with E-state index < -0.39 is 12.2 Å². The van der Waals surface area contributed by atoms with E-state index >= 15 is 0 Å². The Morgan fingerprint density at radius 1 is 0.423 bits per heavy atom. The van der Waals surface area contributed by atoms with Crippen molar-refractivity contribution in [2.45, 2.75) is 182 Å². The van der Waals surface area contributed by atoms with E-state index in [9.17, 15) is 9.59 Å². The van der Waals surface area contributed by atoms with Crippen LogP contribution in [0.3, 0.4) is 0 Å². The molecule has 52 heavy (non-hydrogen) atoms. The molecule has 0 aliphatic carbocycles. The third-order valence-corrected chi connectivity index (χ3v) is 10.1. The second-order valence-corrected chi connectivity index (χ2v) is 14.7. The average molecular weight is 731 g/mol. The summed E-state index contributed by atoms with van der Waals surface area (Å²) < 4.78 is 10.8. The molecule has 0 saturated heterocycles. The van der Waals surface area contributed by atoms with Gasteiger partial charge in [-0.2, -0.15) is 0 Å². The summed E-state index contributed by atoms with van der Waals surface area (Å²) in [5.74, 6) is 0. The second kappa shape index (κ2) is 35.7. The molecule has 2 amide bonds. The molecule has 0 aromatic heterocycles. The van der Waals surface area contributed by atoms with Crippen molar-refractivity contribution < 1.29 is 19.1 Å².